The van der Waals surface area contributed by atoms with Gasteiger partial charge in [-0.3, -0.25) is 0 Å². The van der Waals surface area contributed by atoms with Gasteiger partial charge in [0.05, 0.1) is 0 Å². The van der Waals surface area contributed by atoms with Gasteiger partial charge in [0, 0.05) is 12.1 Å². The van der Waals surface area contributed by atoms with Crippen molar-refractivity contribution in [2.75, 3.05) is 13.1 Å². The number of allylic oxidation sites excluding steroid dienone is 1. The molecule has 2 atom stereocenters. The predicted octanol–water partition coefficient (Wildman–Crippen LogP) is 3.37. The number of rotatable bonds is 6. The SMILES string of the molecule is CCC1CCCCC1(CN)NCCC1=CCCC1. The Morgan fingerprint density at radius 3 is 2.94 bits per heavy atom. The van der Waals surface area contributed by atoms with Crippen molar-refractivity contribution in [2.24, 2.45) is 11.7 Å². The van der Waals surface area contributed by atoms with Crippen LogP contribution in [0.3, 0.4) is 0 Å². The molecule has 0 heterocycles. The van der Waals surface area contributed by atoms with Gasteiger partial charge in [-0.2, -0.15) is 0 Å². The largest absolute Gasteiger partial charge is 0.329 e. The number of nitrogens with two attached hydrogens (primary N) is 1. The van der Waals surface area contributed by atoms with Crippen LogP contribution in [0.4, 0.5) is 0 Å². The second kappa shape index (κ2) is 6.72. The van der Waals surface area contributed by atoms with Crippen molar-refractivity contribution in [2.45, 2.75) is 70.3 Å². The van der Waals surface area contributed by atoms with E-state index in [2.05, 4.69) is 18.3 Å². The molecule has 0 aromatic carbocycles. The third-order valence-corrected chi connectivity index (χ3v) is 5.12. The molecule has 0 aromatic heterocycles. The zero-order valence-corrected chi connectivity index (χ0v) is 12.0. The van der Waals surface area contributed by atoms with Gasteiger partial charge in [0.25, 0.3) is 0 Å². The van der Waals surface area contributed by atoms with Gasteiger partial charge >= 0.3 is 0 Å². The van der Waals surface area contributed by atoms with Gasteiger partial charge in [0.2, 0.25) is 0 Å². The Morgan fingerprint density at radius 2 is 2.28 bits per heavy atom. The monoisotopic (exact) mass is 250 g/mol. The summed E-state index contributed by atoms with van der Waals surface area (Å²) in [5.41, 5.74) is 8.03. The average Bonchev–Trinajstić information content (AvgIpc) is 2.92. The fraction of sp³-hybridized carbons (Fsp3) is 0.875. The van der Waals surface area contributed by atoms with Gasteiger partial charge in [-0.1, -0.05) is 37.8 Å². The summed E-state index contributed by atoms with van der Waals surface area (Å²) in [5, 5.41) is 3.85. The molecule has 0 saturated heterocycles. The van der Waals surface area contributed by atoms with Crippen LogP contribution >= 0.6 is 0 Å². The van der Waals surface area contributed by atoms with E-state index in [-0.39, 0.29) is 5.54 Å². The first-order valence-electron chi connectivity index (χ1n) is 7.94. The van der Waals surface area contributed by atoms with Crippen LogP contribution in [-0.4, -0.2) is 18.6 Å². The number of hydrogen-bond donors (Lipinski definition) is 2. The smallest absolute Gasteiger partial charge is 0.0332 e. The Hall–Kier alpha value is -0.340. The molecule has 1 saturated carbocycles. The fourth-order valence-corrected chi connectivity index (χ4v) is 3.92. The van der Waals surface area contributed by atoms with Crippen LogP contribution in [0.25, 0.3) is 0 Å². The number of hydrogen-bond acceptors (Lipinski definition) is 2. The maximum absolute atomic E-state index is 6.12. The van der Waals surface area contributed by atoms with Gasteiger partial charge in [-0.05, 0) is 51.0 Å². The minimum absolute atomic E-state index is 0.242. The molecule has 2 aliphatic carbocycles. The van der Waals surface area contributed by atoms with Crippen molar-refractivity contribution >= 4 is 0 Å². The molecule has 2 aliphatic rings. The van der Waals surface area contributed by atoms with Gasteiger partial charge in [-0.15, -0.1) is 0 Å². The van der Waals surface area contributed by atoms with Crippen molar-refractivity contribution < 1.29 is 0 Å². The van der Waals surface area contributed by atoms with E-state index in [0.717, 1.165) is 19.0 Å². The molecule has 0 bridgehead atoms. The van der Waals surface area contributed by atoms with E-state index in [1.54, 1.807) is 5.57 Å². The fourth-order valence-electron chi connectivity index (χ4n) is 3.92. The van der Waals surface area contributed by atoms with Crippen molar-refractivity contribution in [1.29, 1.82) is 0 Å². The molecular formula is C16H30N2. The highest BCUT2D eigenvalue weighted by Gasteiger charge is 2.37. The Balaban J connectivity index is 1.85. The van der Waals surface area contributed by atoms with E-state index >= 15 is 0 Å². The highest BCUT2D eigenvalue weighted by atomic mass is 15.0. The van der Waals surface area contributed by atoms with Crippen LogP contribution in [-0.2, 0) is 0 Å². The Morgan fingerprint density at radius 1 is 1.39 bits per heavy atom. The Labute approximate surface area is 112 Å². The molecule has 2 nitrogen and oxygen atoms in total. The van der Waals surface area contributed by atoms with Gasteiger partial charge in [0.15, 0.2) is 0 Å². The first-order chi connectivity index (χ1) is 8.80. The van der Waals surface area contributed by atoms with E-state index in [1.165, 1.54) is 57.8 Å². The maximum atomic E-state index is 6.12. The van der Waals surface area contributed by atoms with Crippen molar-refractivity contribution in [3.63, 3.8) is 0 Å². The zero-order chi connectivity index (χ0) is 12.8. The van der Waals surface area contributed by atoms with Crippen LogP contribution < -0.4 is 11.1 Å². The molecule has 0 spiro atoms. The van der Waals surface area contributed by atoms with E-state index < -0.39 is 0 Å². The van der Waals surface area contributed by atoms with Crippen LogP contribution in [0, 0.1) is 5.92 Å². The third-order valence-electron chi connectivity index (χ3n) is 5.12. The number of nitrogens with one attached hydrogen (secondary N) is 1. The topological polar surface area (TPSA) is 38.0 Å². The second-order valence-electron chi connectivity index (χ2n) is 6.14. The summed E-state index contributed by atoms with van der Waals surface area (Å²) >= 11 is 0. The molecule has 104 valence electrons. The molecule has 3 N–H and O–H groups in total. The minimum Gasteiger partial charge on any atom is -0.329 e. The summed E-state index contributed by atoms with van der Waals surface area (Å²) in [6, 6.07) is 0. The molecule has 1 fully saturated rings. The summed E-state index contributed by atoms with van der Waals surface area (Å²) in [5.74, 6) is 0.786. The molecule has 2 rings (SSSR count). The minimum atomic E-state index is 0.242. The van der Waals surface area contributed by atoms with E-state index in [4.69, 9.17) is 5.73 Å². The van der Waals surface area contributed by atoms with Gasteiger partial charge in [-0.25, -0.2) is 0 Å². The quantitative estimate of drug-likeness (QED) is 0.709. The lowest BCUT2D eigenvalue weighted by Crippen LogP contribution is -2.58. The molecule has 0 aromatic rings. The molecule has 0 aliphatic heterocycles. The van der Waals surface area contributed by atoms with Crippen LogP contribution in [0.1, 0.15) is 64.7 Å². The third kappa shape index (κ3) is 3.16. The van der Waals surface area contributed by atoms with Crippen LogP contribution in [0.15, 0.2) is 11.6 Å². The first kappa shape index (κ1) is 14.1. The average molecular weight is 250 g/mol. The lowest BCUT2D eigenvalue weighted by molar-refractivity contribution is 0.144. The van der Waals surface area contributed by atoms with E-state index in [0.29, 0.717) is 0 Å². The zero-order valence-electron chi connectivity index (χ0n) is 12.0. The Bertz CT molecular complexity index is 285. The van der Waals surface area contributed by atoms with Gasteiger partial charge < -0.3 is 11.1 Å². The lowest BCUT2D eigenvalue weighted by Gasteiger charge is -2.44. The standard InChI is InChI=1S/C16H30N2/c1-2-15-9-5-6-11-16(15,13-17)18-12-10-14-7-3-4-8-14/h7,15,18H,2-6,8-13,17H2,1H3. The molecule has 0 radical (unpaired) electrons. The summed E-state index contributed by atoms with van der Waals surface area (Å²) in [6.45, 7) is 4.26. The predicted molar refractivity (Wildman–Crippen MR) is 78.6 cm³/mol. The maximum Gasteiger partial charge on any atom is 0.0332 e. The van der Waals surface area contributed by atoms with Crippen LogP contribution in [0.5, 0.6) is 0 Å². The highest BCUT2D eigenvalue weighted by Crippen LogP contribution is 2.35. The summed E-state index contributed by atoms with van der Waals surface area (Å²) in [7, 11) is 0. The Kier molecular flexibility index (Phi) is 5.25. The molecule has 2 heteroatoms. The van der Waals surface area contributed by atoms with E-state index in [9.17, 15) is 0 Å². The van der Waals surface area contributed by atoms with Crippen molar-refractivity contribution in [1.82, 2.24) is 5.32 Å². The lowest BCUT2D eigenvalue weighted by atomic mass is 9.71. The summed E-state index contributed by atoms with van der Waals surface area (Å²) in [4.78, 5) is 0. The normalized spacial score (nSPS) is 32.6. The summed E-state index contributed by atoms with van der Waals surface area (Å²) < 4.78 is 0. The molecule has 2 unspecified atom stereocenters. The summed E-state index contributed by atoms with van der Waals surface area (Å²) in [6.07, 6.45) is 14.3. The van der Waals surface area contributed by atoms with Crippen molar-refractivity contribution in [3.8, 4) is 0 Å². The first-order valence-corrected chi connectivity index (χ1v) is 7.94. The highest BCUT2D eigenvalue weighted by molar-refractivity contribution is 5.08. The van der Waals surface area contributed by atoms with Crippen molar-refractivity contribution in [3.05, 3.63) is 11.6 Å². The molecular weight excluding hydrogens is 220 g/mol. The molecule has 18 heavy (non-hydrogen) atoms. The molecule has 0 amide bonds. The van der Waals surface area contributed by atoms with E-state index in [1.807, 2.05) is 0 Å². The van der Waals surface area contributed by atoms with Gasteiger partial charge in [0.1, 0.15) is 0 Å². The second-order valence-corrected chi connectivity index (χ2v) is 6.14. The van der Waals surface area contributed by atoms with Crippen LogP contribution in [0.2, 0.25) is 0 Å².